The summed E-state index contributed by atoms with van der Waals surface area (Å²) in [5.74, 6) is 2.38. The summed E-state index contributed by atoms with van der Waals surface area (Å²) in [6.45, 7) is 9.30. The molecule has 1 saturated heterocycles. The molecule has 0 bridgehead atoms. The lowest BCUT2D eigenvalue weighted by atomic mass is 9.84. The highest BCUT2D eigenvalue weighted by atomic mass is 16.2. The first-order chi connectivity index (χ1) is 15.0. The first kappa shape index (κ1) is 20.0. The summed E-state index contributed by atoms with van der Waals surface area (Å²) in [6.07, 6.45) is 4.08. The van der Waals surface area contributed by atoms with E-state index in [0.717, 1.165) is 79.5 Å². The van der Waals surface area contributed by atoms with Crippen molar-refractivity contribution in [2.75, 3.05) is 31.1 Å². The number of hydrogen-bond acceptors (Lipinski definition) is 5. The second kappa shape index (κ2) is 7.94. The summed E-state index contributed by atoms with van der Waals surface area (Å²) in [5, 5.41) is 5.84. The van der Waals surface area contributed by atoms with Crippen molar-refractivity contribution in [1.82, 2.24) is 24.6 Å². The molecule has 2 aliphatic rings. The van der Waals surface area contributed by atoms with Crippen LogP contribution in [-0.4, -0.2) is 56.7 Å². The Kier molecular flexibility index (Phi) is 5.12. The fourth-order valence-corrected chi connectivity index (χ4v) is 4.51. The molecular formula is C24H30N6O. The maximum Gasteiger partial charge on any atom is 0.225 e. The summed E-state index contributed by atoms with van der Waals surface area (Å²) in [7, 11) is 0. The zero-order valence-electron chi connectivity index (χ0n) is 18.6. The van der Waals surface area contributed by atoms with E-state index in [1.165, 1.54) is 12.0 Å². The van der Waals surface area contributed by atoms with Gasteiger partial charge in [0.1, 0.15) is 11.6 Å². The van der Waals surface area contributed by atoms with Crippen LogP contribution >= 0.6 is 0 Å². The average molecular weight is 419 g/mol. The van der Waals surface area contributed by atoms with E-state index >= 15 is 0 Å². The van der Waals surface area contributed by atoms with Gasteiger partial charge < -0.3 is 9.80 Å². The van der Waals surface area contributed by atoms with Crippen LogP contribution in [0.25, 0.3) is 16.7 Å². The monoisotopic (exact) mass is 418 g/mol. The maximum absolute atomic E-state index is 12.6. The maximum atomic E-state index is 12.6. The normalized spacial score (nSPS) is 17.3. The Bertz CT molecular complexity index is 1110. The molecule has 1 saturated carbocycles. The van der Waals surface area contributed by atoms with Crippen molar-refractivity contribution in [2.24, 2.45) is 5.92 Å². The van der Waals surface area contributed by atoms with E-state index in [4.69, 9.17) is 15.1 Å². The summed E-state index contributed by atoms with van der Waals surface area (Å²) in [4.78, 5) is 26.8. The Morgan fingerprint density at radius 1 is 1.03 bits per heavy atom. The van der Waals surface area contributed by atoms with Gasteiger partial charge in [-0.1, -0.05) is 31.0 Å². The van der Waals surface area contributed by atoms with Crippen LogP contribution in [0, 0.1) is 19.8 Å². The third kappa shape index (κ3) is 3.56. The lowest BCUT2D eigenvalue weighted by Crippen LogP contribution is -2.51. The molecule has 3 heterocycles. The van der Waals surface area contributed by atoms with Gasteiger partial charge in [-0.25, -0.2) is 14.6 Å². The smallest absolute Gasteiger partial charge is 0.225 e. The fraction of sp³-hybridized carbons (Fsp3) is 0.500. The third-order valence-corrected chi connectivity index (χ3v) is 6.67. The number of aromatic nitrogens is 4. The molecule has 0 unspecified atom stereocenters. The second-order valence-corrected chi connectivity index (χ2v) is 8.79. The number of rotatable bonds is 4. The summed E-state index contributed by atoms with van der Waals surface area (Å²) >= 11 is 0. The van der Waals surface area contributed by atoms with Gasteiger partial charge in [-0.05, 0) is 38.8 Å². The zero-order valence-corrected chi connectivity index (χ0v) is 18.6. The first-order valence-corrected chi connectivity index (χ1v) is 11.4. The number of fused-ring (bicyclic) bond motifs is 1. The highest BCUT2D eigenvalue weighted by Crippen LogP contribution is 2.31. The van der Waals surface area contributed by atoms with Crippen LogP contribution in [0.3, 0.4) is 0 Å². The minimum absolute atomic E-state index is 0.263. The molecule has 162 valence electrons. The molecule has 2 aromatic heterocycles. The summed E-state index contributed by atoms with van der Waals surface area (Å²) < 4.78 is 1.94. The van der Waals surface area contributed by atoms with E-state index in [1.807, 2.05) is 16.5 Å². The van der Waals surface area contributed by atoms with Gasteiger partial charge in [0.25, 0.3) is 0 Å². The lowest BCUT2D eigenvalue weighted by molar-refractivity contribution is -0.138. The molecule has 1 amide bonds. The number of anilines is 1. The standard InChI is InChI=1S/C24H30N6O/c1-4-20-25-22(28-12-14-29(15-13-28)24(31)18-6-5-7-18)21-17(3)27-30(23(21)26-20)19-10-8-16(2)9-11-19/h8-11,18H,4-7,12-15H2,1-3H3. The third-order valence-electron chi connectivity index (χ3n) is 6.67. The van der Waals surface area contributed by atoms with Gasteiger partial charge in [0.05, 0.1) is 16.8 Å². The minimum atomic E-state index is 0.263. The number of amides is 1. The molecule has 7 heteroatoms. The minimum Gasteiger partial charge on any atom is -0.352 e. The van der Waals surface area contributed by atoms with Crippen molar-refractivity contribution in [3.63, 3.8) is 0 Å². The van der Waals surface area contributed by atoms with Gasteiger partial charge in [0, 0.05) is 38.5 Å². The van der Waals surface area contributed by atoms with Crippen LogP contribution in [0.5, 0.6) is 0 Å². The van der Waals surface area contributed by atoms with E-state index in [2.05, 4.69) is 43.0 Å². The van der Waals surface area contributed by atoms with E-state index in [1.54, 1.807) is 0 Å². The first-order valence-electron chi connectivity index (χ1n) is 11.4. The highest BCUT2D eigenvalue weighted by Gasteiger charge is 2.32. The number of piperazine rings is 1. The molecule has 0 N–H and O–H groups in total. The molecule has 0 atom stereocenters. The number of benzene rings is 1. The Labute approximate surface area is 183 Å². The Hall–Kier alpha value is -2.96. The molecule has 31 heavy (non-hydrogen) atoms. The molecule has 2 fully saturated rings. The Balaban J connectivity index is 1.49. The van der Waals surface area contributed by atoms with Gasteiger partial charge >= 0.3 is 0 Å². The molecule has 5 rings (SSSR count). The number of hydrogen-bond donors (Lipinski definition) is 0. The number of carbonyl (C=O) groups excluding carboxylic acids is 1. The van der Waals surface area contributed by atoms with Crippen LogP contribution in [0.4, 0.5) is 5.82 Å². The van der Waals surface area contributed by atoms with Crippen LogP contribution in [0.2, 0.25) is 0 Å². The predicted molar refractivity (Wildman–Crippen MR) is 122 cm³/mol. The molecule has 0 spiro atoms. The topological polar surface area (TPSA) is 67.2 Å². The van der Waals surface area contributed by atoms with Gasteiger partial charge in [0.15, 0.2) is 5.65 Å². The number of nitrogens with zero attached hydrogens (tertiary/aromatic N) is 6. The van der Waals surface area contributed by atoms with E-state index in [-0.39, 0.29) is 5.92 Å². The van der Waals surface area contributed by atoms with Crippen molar-refractivity contribution in [1.29, 1.82) is 0 Å². The van der Waals surface area contributed by atoms with E-state index in [9.17, 15) is 4.79 Å². The molecular weight excluding hydrogens is 388 g/mol. The second-order valence-electron chi connectivity index (χ2n) is 8.79. The van der Waals surface area contributed by atoms with Crippen molar-refractivity contribution < 1.29 is 4.79 Å². The molecule has 0 radical (unpaired) electrons. The van der Waals surface area contributed by atoms with Crippen molar-refractivity contribution in [3.8, 4) is 5.69 Å². The van der Waals surface area contributed by atoms with Gasteiger partial charge in [-0.2, -0.15) is 5.10 Å². The van der Waals surface area contributed by atoms with E-state index < -0.39 is 0 Å². The number of carbonyl (C=O) groups is 1. The molecule has 1 aliphatic carbocycles. The van der Waals surface area contributed by atoms with Crippen molar-refractivity contribution in [2.45, 2.75) is 46.5 Å². The van der Waals surface area contributed by atoms with E-state index in [0.29, 0.717) is 5.91 Å². The Morgan fingerprint density at radius 2 is 1.74 bits per heavy atom. The summed E-state index contributed by atoms with van der Waals surface area (Å²) in [5.41, 5.74) is 4.01. The molecule has 1 aliphatic heterocycles. The molecule has 1 aromatic carbocycles. The highest BCUT2D eigenvalue weighted by molar-refractivity contribution is 5.91. The van der Waals surface area contributed by atoms with Crippen LogP contribution in [0.1, 0.15) is 43.3 Å². The molecule has 7 nitrogen and oxygen atoms in total. The zero-order chi connectivity index (χ0) is 21.5. The largest absolute Gasteiger partial charge is 0.352 e. The fourth-order valence-electron chi connectivity index (χ4n) is 4.51. The van der Waals surface area contributed by atoms with Gasteiger partial charge in [0.2, 0.25) is 5.91 Å². The van der Waals surface area contributed by atoms with Crippen molar-refractivity contribution >= 4 is 22.8 Å². The lowest BCUT2D eigenvalue weighted by Gasteiger charge is -2.38. The SMILES string of the molecule is CCc1nc(N2CCN(C(=O)C3CCC3)CC2)c2c(C)nn(-c3ccc(C)cc3)c2n1. The number of aryl methyl sites for hydroxylation is 3. The quantitative estimate of drug-likeness (QED) is 0.649. The average Bonchev–Trinajstić information content (AvgIpc) is 3.09. The van der Waals surface area contributed by atoms with Gasteiger partial charge in [-0.15, -0.1) is 0 Å². The van der Waals surface area contributed by atoms with Crippen LogP contribution in [0.15, 0.2) is 24.3 Å². The Morgan fingerprint density at radius 3 is 2.35 bits per heavy atom. The van der Waals surface area contributed by atoms with Crippen molar-refractivity contribution in [3.05, 3.63) is 41.3 Å². The predicted octanol–water partition coefficient (Wildman–Crippen LogP) is 3.44. The van der Waals surface area contributed by atoms with Crippen LogP contribution in [-0.2, 0) is 11.2 Å². The summed E-state index contributed by atoms with van der Waals surface area (Å²) in [6, 6.07) is 8.36. The molecule has 3 aromatic rings. The van der Waals surface area contributed by atoms with Crippen LogP contribution < -0.4 is 4.90 Å². The van der Waals surface area contributed by atoms with Gasteiger partial charge in [-0.3, -0.25) is 4.79 Å².